The van der Waals surface area contributed by atoms with Crippen LogP contribution in [0.15, 0.2) is 12.1 Å². The van der Waals surface area contributed by atoms with Crippen LogP contribution in [-0.4, -0.2) is 18.2 Å². The maximum absolute atomic E-state index is 6.44. The Labute approximate surface area is 153 Å². The fraction of sp³-hybridized carbons (Fsp3) is 0.700. The van der Waals surface area contributed by atoms with E-state index in [1.165, 1.54) is 0 Å². The number of halogens is 1. The van der Waals surface area contributed by atoms with E-state index in [9.17, 15) is 0 Å². The molecule has 0 saturated carbocycles. The van der Waals surface area contributed by atoms with Gasteiger partial charge in [-0.25, -0.2) is 0 Å². The van der Waals surface area contributed by atoms with Gasteiger partial charge in [0.2, 0.25) is 0 Å². The second-order valence-electron chi connectivity index (χ2n) is 8.48. The van der Waals surface area contributed by atoms with Crippen molar-refractivity contribution in [3.8, 4) is 11.5 Å². The molecule has 0 amide bonds. The van der Waals surface area contributed by atoms with Crippen molar-refractivity contribution in [2.75, 3.05) is 6.61 Å². The summed E-state index contributed by atoms with van der Waals surface area (Å²) in [5.74, 6) is 1.34. The van der Waals surface area contributed by atoms with Crippen LogP contribution in [0.2, 0.25) is 5.02 Å². The van der Waals surface area contributed by atoms with Crippen LogP contribution < -0.4 is 14.8 Å². The van der Waals surface area contributed by atoms with Crippen molar-refractivity contribution in [3.63, 3.8) is 0 Å². The maximum Gasteiger partial charge on any atom is 0.180 e. The third-order valence-corrected chi connectivity index (χ3v) is 3.75. The Morgan fingerprint density at radius 3 is 2.25 bits per heavy atom. The zero-order chi connectivity index (χ0) is 18.5. The molecule has 0 atom stereocenters. The van der Waals surface area contributed by atoms with Crippen LogP contribution in [0.1, 0.15) is 67.4 Å². The van der Waals surface area contributed by atoms with Gasteiger partial charge in [-0.15, -0.1) is 0 Å². The van der Waals surface area contributed by atoms with Gasteiger partial charge in [0.1, 0.15) is 0 Å². The summed E-state index contributed by atoms with van der Waals surface area (Å²) in [6.45, 7) is 18.5. The lowest BCUT2D eigenvalue weighted by Gasteiger charge is -2.33. The SMILES string of the molecule is CCOc1cc(CNC(C)(C)CC(C)(C)C)cc(Cl)c1OC(C)C. The van der Waals surface area contributed by atoms with Crippen LogP contribution in [-0.2, 0) is 6.54 Å². The van der Waals surface area contributed by atoms with Gasteiger partial charge in [0.15, 0.2) is 11.5 Å². The number of hydrogen-bond acceptors (Lipinski definition) is 3. The van der Waals surface area contributed by atoms with Crippen molar-refractivity contribution in [1.29, 1.82) is 0 Å². The largest absolute Gasteiger partial charge is 0.490 e. The highest BCUT2D eigenvalue weighted by atomic mass is 35.5. The fourth-order valence-corrected chi connectivity index (χ4v) is 3.34. The zero-order valence-electron chi connectivity index (χ0n) is 16.5. The van der Waals surface area contributed by atoms with Crippen LogP contribution in [0.4, 0.5) is 0 Å². The van der Waals surface area contributed by atoms with Crippen molar-refractivity contribution in [2.24, 2.45) is 5.41 Å². The molecule has 1 N–H and O–H groups in total. The van der Waals surface area contributed by atoms with E-state index in [1.54, 1.807) is 0 Å². The van der Waals surface area contributed by atoms with Crippen LogP contribution >= 0.6 is 11.6 Å². The van der Waals surface area contributed by atoms with E-state index >= 15 is 0 Å². The molecule has 0 aromatic heterocycles. The van der Waals surface area contributed by atoms with Gasteiger partial charge in [0.25, 0.3) is 0 Å². The maximum atomic E-state index is 6.44. The van der Waals surface area contributed by atoms with Crippen LogP contribution in [0.3, 0.4) is 0 Å². The molecule has 0 spiro atoms. The van der Waals surface area contributed by atoms with E-state index in [2.05, 4.69) is 39.9 Å². The summed E-state index contributed by atoms with van der Waals surface area (Å²) in [6.07, 6.45) is 1.14. The van der Waals surface area contributed by atoms with Crippen LogP contribution in [0.5, 0.6) is 11.5 Å². The minimum atomic E-state index is 0.0452. The Bertz CT molecular complexity index is 533. The number of hydrogen-bond donors (Lipinski definition) is 1. The Morgan fingerprint density at radius 1 is 1.12 bits per heavy atom. The molecular formula is C20H34ClNO2. The number of ether oxygens (including phenoxy) is 2. The summed E-state index contributed by atoms with van der Waals surface area (Å²) >= 11 is 6.44. The van der Waals surface area contributed by atoms with Crippen LogP contribution in [0.25, 0.3) is 0 Å². The number of rotatable bonds is 8. The minimum absolute atomic E-state index is 0.0452. The van der Waals surface area contributed by atoms with E-state index in [-0.39, 0.29) is 17.1 Å². The van der Waals surface area contributed by atoms with Gasteiger partial charge in [-0.05, 0) is 64.2 Å². The molecule has 0 aliphatic heterocycles. The van der Waals surface area contributed by atoms with E-state index in [0.717, 1.165) is 18.5 Å². The molecule has 1 rings (SSSR count). The molecule has 0 unspecified atom stereocenters. The Hall–Kier alpha value is -0.930. The summed E-state index contributed by atoms with van der Waals surface area (Å²) in [7, 11) is 0. The van der Waals surface area contributed by atoms with E-state index in [1.807, 2.05) is 32.9 Å². The van der Waals surface area contributed by atoms with Gasteiger partial charge in [0.05, 0.1) is 17.7 Å². The standard InChI is InChI=1S/C20H34ClNO2/c1-9-23-17-11-15(10-16(21)18(17)24-14(2)3)12-22-20(7,8)13-19(4,5)6/h10-11,14,22H,9,12-13H2,1-8H3. The van der Waals surface area contributed by atoms with E-state index < -0.39 is 0 Å². The summed E-state index contributed by atoms with van der Waals surface area (Å²) < 4.78 is 11.6. The normalized spacial score (nSPS) is 12.6. The molecule has 0 heterocycles. The molecule has 0 fully saturated rings. The van der Waals surface area contributed by atoms with Crippen molar-refractivity contribution >= 4 is 11.6 Å². The number of benzene rings is 1. The Morgan fingerprint density at radius 2 is 1.75 bits per heavy atom. The molecule has 3 nitrogen and oxygen atoms in total. The first-order valence-electron chi connectivity index (χ1n) is 8.80. The number of nitrogens with one attached hydrogen (secondary N) is 1. The van der Waals surface area contributed by atoms with Crippen molar-refractivity contribution in [1.82, 2.24) is 5.32 Å². The second kappa shape index (κ2) is 8.44. The molecule has 0 aliphatic rings. The van der Waals surface area contributed by atoms with Gasteiger partial charge in [-0.1, -0.05) is 32.4 Å². The zero-order valence-corrected chi connectivity index (χ0v) is 17.3. The van der Waals surface area contributed by atoms with Gasteiger partial charge >= 0.3 is 0 Å². The molecular weight excluding hydrogens is 322 g/mol. The lowest BCUT2D eigenvalue weighted by atomic mass is 9.82. The fourth-order valence-electron chi connectivity index (χ4n) is 3.07. The van der Waals surface area contributed by atoms with Crippen LogP contribution in [0, 0.1) is 5.41 Å². The smallest absolute Gasteiger partial charge is 0.180 e. The summed E-state index contributed by atoms with van der Waals surface area (Å²) in [5, 5.41) is 4.23. The molecule has 4 heteroatoms. The summed E-state index contributed by atoms with van der Waals surface area (Å²) in [5.41, 5.74) is 1.42. The first-order valence-corrected chi connectivity index (χ1v) is 9.18. The van der Waals surface area contributed by atoms with Gasteiger partial charge in [-0.2, -0.15) is 0 Å². The molecule has 1 aromatic carbocycles. The lowest BCUT2D eigenvalue weighted by molar-refractivity contribution is 0.223. The van der Waals surface area contributed by atoms with Gasteiger partial charge in [-0.3, -0.25) is 0 Å². The molecule has 138 valence electrons. The third-order valence-electron chi connectivity index (χ3n) is 3.47. The second-order valence-corrected chi connectivity index (χ2v) is 8.89. The van der Waals surface area contributed by atoms with E-state index in [0.29, 0.717) is 23.1 Å². The monoisotopic (exact) mass is 355 g/mol. The molecule has 0 aliphatic carbocycles. The molecule has 0 radical (unpaired) electrons. The Balaban J connectivity index is 2.93. The average molecular weight is 356 g/mol. The predicted molar refractivity (Wildman–Crippen MR) is 103 cm³/mol. The average Bonchev–Trinajstić information content (AvgIpc) is 2.38. The van der Waals surface area contributed by atoms with Gasteiger partial charge < -0.3 is 14.8 Å². The first kappa shape index (κ1) is 21.1. The molecule has 1 aromatic rings. The lowest BCUT2D eigenvalue weighted by Crippen LogP contribution is -2.41. The highest BCUT2D eigenvalue weighted by Gasteiger charge is 2.25. The topological polar surface area (TPSA) is 30.5 Å². The van der Waals surface area contributed by atoms with Crippen molar-refractivity contribution < 1.29 is 9.47 Å². The third kappa shape index (κ3) is 7.31. The molecule has 24 heavy (non-hydrogen) atoms. The van der Waals surface area contributed by atoms with Crippen molar-refractivity contribution in [2.45, 2.75) is 80.0 Å². The summed E-state index contributed by atoms with van der Waals surface area (Å²) in [6, 6.07) is 3.98. The Kier molecular flexibility index (Phi) is 7.43. The van der Waals surface area contributed by atoms with Gasteiger partial charge in [0, 0.05) is 12.1 Å². The quantitative estimate of drug-likeness (QED) is 0.636. The first-order chi connectivity index (χ1) is 10.9. The predicted octanol–water partition coefficient (Wildman–Crippen LogP) is 5.83. The minimum Gasteiger partial charge on any atom is -0.490 e. The highest BCUT2D eigenvalue weighted by Crippen LogP contribution is 2.37. The highest BCUT2D eigenvalue weighted by molar-refractivity contribution is 6.32. The summed E-state index contributed by atoms with van der Waals surface area (Å²) in [4.78, 5) is 0. The molecule has 0 saturated heterocycles. The molecule has 0 bridgehead atoms. The van der Waals surface area contributed by atoms with Crippen molar-refractivity contribution in [3.05, 3.63) is 22.7 Å². The van der Waals surface area contributed by atoms with E-state index in [4.69, 9.17) is 21.1 Å².